The van der Waals surface area contributed by atoms with Crippen LogP contribution in [0.1, 0.15) is 52.2 Å². The van der Waals surface area contributed by atoms with Crippen LogP contribution in [-0.2, 0) is 17.8 Å². The maximum atomic E-state index is 12.5. The molecule has 158 valence electrons. The zero-order chi connectivity index (χ0) is 21.3. The van der Waals surface area contributed by atoms with Crippen molar-refractivity contribution in [1.82, 2.24) is 9.80 Å². The van der Waals surface area contributed by atoms with Gasteiger partial charge in [-0.1, -0.05) is 60.7 Å². The number of hydrogen-bond donors (Lipinski definition) is 0. The van der Waals surface area contributed by atoms with Crippen LogP contribution in [-0.4, -0.2) is 40.6 Å². The third-order valence-corrected chi connectivity index (χ3v) is 4.62. The summed E-state index contributed by atoms with van der Waals surface area (Å²) in [6.45, 7) is 13.2. The SMILES string of the molecule is CC(C)N(CCCN(Cc1ccccc1)Cc1ccccc1)C(=O)OC(C)(C)C. The first-order chi connectivity index (χ1) is 13.7. The van der Waals surface area contributed by atoms with E-state index in [0.717, 1.165) is 26.1 Å². The first-order valence-electron chi connectivity index (χ1n) is 10.5. The first kappa shape index (κ1) is 23.0. The highest BCUT2D eigenvalue weighted by molar-refractivity contribution is 5.68. The van der Waals surface area contributed by atoms with Gasteiger partial charge in [-0.05, 0) is 52.2 Å². The third-order valence-electron chi connectivity index (χ3n) is 4.62. The fourth-order valence-corrected chi connectivity index (χ4v) is 3.24. The van der Waals surface area contributed by atoms with Gasteiger partial charge in [0.1, 0.15) is 5.60 Å². The molecule has 0 unspecified atom stereocenters. The van der Waals surface area contributed by atoms with Crippen molar-refractivity contribution in [3.63, 3.8) is 0 Å². The molecule has 0 aliphatic carbocycles. The molecular formula is C25H36N2O2. The molecule has 1 amide bonds. The van der Waals surface area contributed by atoms with E-state index in [2.05, 4.69) is 53.4 Å². The summed E-state index contributed by atoms with van der Waals surface area (Å²) in [6, 6.07) is 21.2. The van der Waals surface area contributed by atoms with Crippen LogP contribution in [0.3, 0.4) is 0 Å². The lowest BCUT2D eigenvalue weighted by atomic mass is 10.1. The molecular weight excluding hydrogens is 360 g/mol. The summed E-state index contributed by atoms with van der Waals surface area (Å²) < 4.78 is 5.58. The minimum atomic E-state index is -0.475. The summed E-state index contributed by atoms with van der Waals surface area (Å²) in [7, 11) is 0. The number of amides is 1. The number of ether oxygens (including phenoxy) is 1. The van der Waals surface area contributed by atoms with Gasteiger partial charge in [0.25, 0.3) is 0 Å². The zero-order valence-electron chi connectivity index (χ0n) is 18.6. The van der Waals surface area contributed by atoms with E-state index in [0.29, 0.717) is 6.54 Å². The molecule has 0 aliphatic rings. The Bertz CT molecular complexity index is 682. The Morgan fingerprint density at radius 1 is 0.862 bits per heavy atom. The summed E-state index contributed by atoms with van der Waals surface area (Å²) in [4.78, 5) is 16.8. The van der Waals surface area contributed by atoms with Gasteiger partial charge in [0.05, 0.1) is 0 Å². The number of carbonyl (C=O) groups excluding carboxylic acids is 1. The van der Waals surface area contributed by atoms with E-state index in [9.17, 15) is 4.79 Å². The van der Waals surface area contributed by atoms with Crippen LogP contribution in [0, 0.1) is 0 Å². The van der Waals surface area contributed by atoms with Crippen molar-refractivity contribution in [2.45, 2.75) is 65.8 Å². The fourth-order valence-electron chi connectivity index (χ4n) is 3.24. The van der Waals surface area contributed by atoms with E-state index < -0.39 is 5.60 Å². The average Bonchev–Trinajstić information content (AvgIpc) is 2.65. The number of rotatable bonds is 9. The highest BCUT2D eigenvalue weighted by Gasteiger charge is 2.24. The molecule has 0 fully saturated rings. The van der Waals surface area contributed by atoms with Crippen LogP contribution in [0.15, 0.2) is 60.7 Å². The van der Waals surface area contributed by atoms with E-state index in [4.69, 9.17) is 4.74 Å². The average molecular weight is 397 g/mol. The van der Waals surface area contributed by atoms with Crippen molar-refractivity contribution in [2.75, 3.05) is 13.1 Å². The van der Waals surface area contributed by atoms with Crippen LogP contribution in [0.5, 0.6) is 0 Å². The second-order valence-corrected chi connectivity index (χ2v) is 8.80. The molecule has 0 spiro atoms. The van der Waals surface area contributed by atoms with Gasteiger partial charge < -0.3 is 9.64 Å². The van der Waals surface area contributed by atoms with Gasteiger partial charge in [0, 0.05) is 32.2 Å². The third kappa shape index (κ3) is 8.70. The van der Waals surface area contributed by atoms with Gasteiger partial charge in [-0.25, -0.2) is 4.79 Å². The van der Waals surface area contributed by atoms with Crippen molar-refractivity contribution in [3.05, 3.63) is 71.8 Å². The van der Waals surface area contributed by atoms with E-state index >= 15 is 0 Å². The molecule has 2 aromatic rings. The molecule has 0 heterocycles. The van der Waals surface area contributed by atoms with Gasteiger partial charge in [0.15, 0.2) is 0 Å². The summed E-state index contributed by atoms with van der Waals surface area (Å²) >= 11 is 0. The van der Waals surface area contributed by atoms with E-state index in [1.165, 1.54) is 11.1 Å². The largest absolute Gasteiger partial charge is 0.444 e. The Labute approximate surface area is 176 Å². The lowest BCUT2D eigenvalue weighted by Crippen LogP contribution is -2.42. The minimum absolute atomic E-state index is 0.113. The second-order valence-electron chi connectivity index (χ2n) is 8.80. The molecule has 4 nitrogen and oxygen atoms in total. The quantitative estimate of drug-likeness (QED) is 0.543. The van der Waals surface area contributed by atoms with Crippen LogP contribution in [0.25, 0.3) is 0 Å². The maximum absolute atomic E-state index is 12.5. The van der Waals surface area contributed by atoms with Crippen molar-refractivity contribution in [1.29, 1.82) is 0 Å². The monoisotopic (exact) mass is 396 g/mol. The second kappa shape index (κ2) is 11.0. The summed E-state index contributed by atoms with van der Waals surface area (Å²) in [5, 5.41) is 0. The number of benzene rings is 2. The van der Waals surface area contributed by atoms with Gasteiger partial charge >= 0.3 is 6.09 Å². The van der Waals surface area contributed by atoms with Crippen molar-refractivity contribution in [3.8, 4) is 0 Å². The molecule has 0 radical (unpaired) electrons. The van der Waals surface area contributed by atoms with Crippen molar-refractivity contribution < 1.29 is 9.53 Å². The number of hydrogen-bond acceptors (Lipinski definition) is 3. The Kier molecular flexibility index (Phi) is 8.71. The van der Waals surface area contributed by atoms with Gasteiger partial charge in [0.2, 0.25) is 0 Å². The Morgan fingerprint density at radius 3 is 1.76 bits per heavy atom. The predicted octanol–water partition coefficient (Wildman–Crippen LogP) is 5.72. The lowest BCUT2D eigenvalue weighted by molar-refractivity contribution is 0.0182. The van der Waals surface area contributed by atoms with Crippen LogP contribution >= 0.6 is 0 Å². The van der Waals surface area contributed by atoms with Crippen LogP contribution < -0.4 is 0 Å². The van der Waals surface area contributed by atoms with Crippen LogP contribution in [0.2, 0.25) is 0 Å². The molecule has 0 aliphatic heterocycles. The molecule has 0 saturated heterocycles. The summed E-state index contributed by atoms with van der Waals surface area (Å²) in [5.41, 5.74) is 2.13. The highest BCUT2D eigenvalue weighted by atomic mass is 16.6. The summed E-state index contributed by atoms with van der Waals surface area (Å²) in [5.74, 6) is 0. The molecule has 2 rings (SSSR count). The molecule has 29 heavy (non-hydrogen) atoms. The Hall–Kier alpha value is -2.33. The number of nitrogens with zero attached hydrogens (tertiary/aromatic N) is 2. The smallest absolute Gasteiger partial charge is 0.410 e. The van der Waals surface area contributed by atoms with E-state index in [1.807, 2.05) is 51.7 Å². The fraction of sp³-hybridized carbons (Fsp3) is 0.480. The van der Waals surface area contributed by atoms with Gasteiger partial charge in [-0.2, -0.15) is 0 Å². The Morgan fingerprint density at radius 2 is 1.34 bits per heavy atom. The zero-order valence-corrected chi connectivity index (χ0v) is 18.6. The minimum Gasteiger partial charge on any atom is -0.444 e. The number of carbonyl (C=O) groups is 1. The highest BCUT2D eigenvalue weighted by Crippen LogP contribution is 2.14. The van der Waals surface area contributed by atoms with E-state index in [1.54, 1.807) is 0 Å². The van der Waals surface area contributed by atoms with E-state index in [-0.39, 0.29) is 12.1 Å². The topological polar surface area (TPSA) is 32.8 Å². The van der Waals surface area contributed by atoms with Crippen molar-refractivity contribution >= 4 is 6.09 Å². The van der Waals surface area contributed by atoms with Gasteiger partial charge in [-0.15, -0.1) is 0 Å². The molecule has 0 atom stereocenters. The Balaban J connectivity index is 1.98. The predicted molar refractivity (Wildman–Crippen MR) is 120 cm³/mol. The van der Waals surface area contributed by atoms with Crippen molar-refractivity contribution in [2.24, 2.45) is 0 Å². The molecule has 0 bridgehead atoms. The van der Waals surface area contributed by atoms with Gasteiger partial charge in [-0.3, -0.25) is 4.90 Å². The molecule has 0 N–H and O–H groups in total. The molecule has 0 aromatic heterocycles. The molecule has 0 saturated carbocycles. The lowest BCUT2D eigenvalue weighted by Gasteiger charge is -2.31. The summed E-state index contributed by atoms with van der Waals surface area (Å²) in [6.07, 6.45) is 0.669. The standard InChI is InChI=1S/C25H36N2O2/c1-21(2)27(24(28)29-25(3,4)5)18-12-17-26(19-22-13-8-6-9-14-22)20-23-15-10-7-11-16-23/h6-11,13-16,21H,12,17-20H2,1-5H3. The maximum Gasteiger partial charge on any atom is 0.410 e. The molecule has 4 heteroatoms. The molecule has 2 aromatic carbocycles. The first-order valence-corrected chi connectivity index (χ1v) is 10.5. The normalized spacial score (nSPS) is 11.7. The van der Waals surface area contributed by atoms with Crippen LogP contribution in [0.4, 0.5) is 4.79 Å².